The fourth-order valence-corrected chi connectivity index (χ4v) is 3.93. The van der Waals surface area contributed by atoms with Gasteiger partial charge in [0.2, 0.25) is 11.9 Å². The van der Waals surface area contributed by atoms with Gasteiger partial charge in [-0.15, -0.1) is 0 Å². The molecule has 162 valence electrons. The summed E-state index contributed by atoms with van der Waals surface area (Å²) in [6.45, 7) is 7.78. The Balaban J connectivity index is 1.44. The van der Waals surface area contributed by atoms with Crippen molar-refractivity contribution >= 4 is 28.9 Å². The van der Waals surface area contributed by atoms with Crippen LogP contribution in [0, 0.1) is 12.8 Å². The Hall–Kier alpha value is -3.35. The molecule has 1 aromatic heterocycles. The zero-order chi connectivity index (χ0) is 22.0. The van der Waals surface area contributed by atoms with Crippen LogP contribution in [0.1, 0.15) is 31.4 Å². The number of para-hydroxylation sites is 2. The SMILES string of the molecule is Cc1ccc(CNC(=O)[C@H](CC(C)C)NC(=O)N2CCn3c2nc2ccccc23)cc1. The van der Waals surface area contributed by atoms with Crippen LogP contribution < -0.4 is 15.5 Å². The van der Waals surface area contributed by atoms with E-state index >= 15 is 0 Å². The maximum atomic E-state index is 13.1. The van der Waals surface area contributed by atoms with E-state index < -0.39 is 6.04 Å². The molecule has 0 unspecified atom stereocenters. The molecule has 0 spiro atoms. The Bertz CT molecular complexity index is 1090. The normalized spacial score (nSPS) is 14.0. The molecule has 3 aromatic rings. The van der Waals surface area contributed by atoms with Crippen molar-refractivity contribution < 1.29 is 9.59 Å². The lowest BCUT2D eigenvalue weighted by Crippen LogP contribution is -2.51. The van der Waals surface area contributed by atoms with Crippen molar-refractivity contribution in [2.75, 3.05) is 11.4 Å². The number of amides is 3. The molecule has 2 N–H and O–H groups in total. The fourth-order valence-electron chi connectivity index (χ4n) is 3.93. The highest BCUT2D eigenvalue weighted by atomic mass is 16.2. The molecule has 1 aliphatic rings. The number of benzene rings is 2. The molecule has 7 heteroatoms. The van der Waals surface area contributed by atoms with Gasteiger partial charge in [0.15, 0.2) is 0 Å². The third-order valence-corrected chi connectivity index (χ3v) is 5.58. The minimum Gasteiger partial charge on any atom is -0.350 e. The highest BCUT2D eigenvalue weighted by Gasteiger charge is 2.31. The number of nitrogens with zero attached hydrogens (tertiary/aromatic N) is 3. The van der Waals surface area contributed by atoms with Crippen LogP contribution in [0.3, 0.4) is 0 Å². The van der Waals surface area contributed by atoms with Gasteiger partial charge in [-0.3, -0.25) is 9.69 Å². The second-order valence-electron chi connectivity index (χ2n) is 8.54. The van der Waals surface area contributed by atoms with E-state index in [1.54, 1.807) is 4.90 Å². The first-order chi connectivity index (χ1) is 14.9. The van der Waals surface area contributed by atoms with Crippen LogP contribution in [0.4, 0.5) is 10.7 Å². The van der Waals surface area contributed by atoms with Crippen molar-refractivity contribution in [1.82, 2.24) is 20.2 Å². The van der Waals surface area contributed by atoms with E-state index in [9.17, 15) is 9.59 Å². The molecule has 4 rings (SSSR count). The molecule has 31 heavy (non-hydrogen) atoms. The lowest BCUT2D eigenvalue weighted by molar-refractivity contribution is -0.123. The number of imidazole rings is 1. The van der Waals surface area contributed by atoms with Crippen LogP contribution in [0.5, 0.6) is 0 Å². The molecule has 0 aliphatic carbocycles. The molecular weight excluding hydrogens is 390 g/mol. The Kier molecular flexibility index (Phi) is 5.93. The number of anilines is 1. The molecule has 0 fully saturated rings. The summed E-state index contributed by atoms with van der Waals surface area (Å²) >= 11 is 0. The smallest absolute Gasteiger partial charge is 0.324 e. The number of aryl methyl sites for hydroxylation is 1. The van der Waals surface area contributed by atoms with Crippen molar-refractivity contribution in [2.45, 2.75) is 46.3 Å². The minimum absolute atomic E-state index is 0.171. The summed E-state index contributed by atoms with van der Waals surface area (Å²) in [5, 5.41) is 5.91. The van der Waals surface area contributed by atoms with Crippen molar-refractivity contribution in [1.29, 1.82) is 0 Å². The highest BCUT2D eigenvalue weighted by molar-refractivity contribution is 5.96. The number of carbonyl (C=O) groups excluding carboxylic acids is 2. The average Bonchev–Trinajstić information content (AvgIpc) is 3.31. The zero-order valence-electron chi connectivity index (χ0n) is 18.3. The number of hydrogen-bond donors (Lipinski definition) is 2. The van der Waals surface area contributed by atoms with Gasteiger partial charge in [0.1, 0.15) is 6.04 Å². The number of rotatable bonds is 6. The molecule has 7 nitrogen and oxygen atoms in total. The molecule has 3 amide bonds. The van der Waals surface area contributed by atoms with E-state index in [1.165, 1.54) is 5.56 Å². The van der Waals surface area contributed by atoms with Crippen LogP contribution in [-0.4, -0.2) is 34.1 Å². The number of hydrogen-bond acceptors (Lipinski definition) is 3. The average molecular weight is 420 g/mol. The van der Waals surface area contributed by atoms with Crippen molar-refractivity contribution in [3.05, 3.63) is 59.7 Å². The summed E-state index contributed by atoms with van der Waals surface area (Å²) in [5.74, 6) is 0.718. The highest BCUT2D eigenvalue weighted by Crippen LogP contribution is 2.27. The van der Waals surface area contributed by atoms with E-state index in [2.05, 4.69) is 15.6 Å². The van der Waals surface area contributed by atoms with Crippen LogP contribution in [0.15, 0.2) is 48.5 Å². The van der Waals surface area contributed by atoms with Gasteiger partial charge in [-0.25, -0.2) is 9.78 Å². The van der Waals surface area contributed by atoms with Gasteiger partial charge in [0, 0.05) is 19.6 Å². The quantitative estimate of drug-likeness (QED) is 0.641. The second kappa shape index (κ2) is 8.79. The lowest BCUT2D eigenvalue weighted by Gasteiger charge is -2.23. The Morgan fingerprint density at radius 1 is 1.06 bits per heavy atom. The van der Waals surface area contributed by atoms with E-state index in [0.717, 1.165) is 16.6 Å². The summed E-state index contributed by atoms with van der Waals surface area (Å²) in [6, 6.07) is 15.0. The number of urea groups is 1. The van der Waals surface area contributed by atoms with Gasteiger partial charge in [-0.1, -0.05) is 55.8 Å². The molecule has 1 atom stereocenters. The number of carbonyl (C=O) groups is 2. The van der Waals surface area contributed by atoms with Gasteiger partial charge < -0.3 is 15.2 Å². The van der Waals surface area contributed by atoms with Gasteiger partial charge in [0.05, 0.1) is 11.0 Å². The maximum Gasteiger partial charge on any atom is 0.324 e. The summed E-state index contributed by atoms with van der Waals surface area (Å²) in [7, 11) is 0. The van der Waals surface area contributed by atoms with Crippen LogP contribution >= 0.6 is 0 Å². The summed E-state index contributed by atoms with van der Waals surface area (Å²) in [6.07, 6.45) is 0.565. The van der Waals surface area contributed by atoms with Gasteiger partial charge in [-0.05, 0) is 37.0 Å². The predicted octanol–water partition coefficient (Wildman–Crippen LogP) is 3.61. The topological polar surface area (TPSA) is 79.3 Å². The first-order valence-corrected chi connectivity index (χ1v) is 10.8. The van der Waals surface area contributed by atoms with Crippen LogP contribution in [-0.2, 0) is 17.9 Å². The second-order valence-corrected chi connectivity index (χ2v) is 8.54. The van der Waals surface area contributed by atoms with Crippen molar-refractivity contribution in [3.63, 3.8) is 0 Å². The molecule has 0 radical (unpaired) electrons. The zero-order valence-corrected chi connectivity index (χ0v) is 18.3. The summed E-state index contributed by atoms with van der Waals surface area (Å²) in [4.78, 5) is 32.2. The van der Waals surface area contributed by atoms with Crippen molar-refractivity contribution in [2.24, 2.45) is 5.92 Å². The van der Waals surface area contributed by atoms with E-state index in [4.69, 9.17) is 0 Å². The molecule has 0 bridgehead atoms. The van der Waals surface area contributed by atoms with E-state index in [0.29, 0.717) is 32.0 Å². The third-order valence-electron chi connectivity index (χ3n) is 5.58. The molecule has 1 aliphatic heterocycles. The maximum absolute atomic E-state index is 13.1. The Morgan fingerprint density at radius 2 is 1.81 bits per heavy atom. The molecule has 0 saturated heterocycles. The monoisotopic (exact) mass is 419 g/mol. The van der Waals surface area contributed by atoms with Gasteiger partial charge in [0.25, 0.3) is 0 Å². The van der Waals surface area contributed by atoms with E-state index in [-0.39, 0.29) is 17.9 Å². The molecule has 2 aromatic carbocycles. The lowest BCUT2D eigenvalue weighted by atomic mass is 10.0. The summed E-state index contributed by atoms with van der Waals surface area (Å²) < 4.78 is 2.05. The predicted molar refractivity (Wildman–Crippen MR) is 122 cm³/mol. The van der Waals surface area contributed by atoms with E-state index in [1.807, 2.05) is 73.9 Å². The first-order valence-electron chi connectivity index (χ1n) is 10.8. The van der Waals surface area contributed by atoms with Crippen LogP contribution in [0.25, 0.3) is 11.0 Å². The van der Waals surface area contributed by atoms with Gasteiger partial charge in [-0.2, -0.15) is 0 Å². The largest absolute Gasteiger partial charge is 0.350 e. The third kappa shape index (κ3) is 4.55. The number of nitrogens with one attached hydrogen (secondary N) is 2. The fraction of sp³-hybridized carbons (Fsp3) is 0.375. The molecule has 0 saturated carbocycles. The molecule has 2 heterocycles. The minimum atomic E-state index is -0.601. The van der Waals surface area contributed by atoms with Crippen LogP contribution in [0.2, 0.25) is 0 Å². The summed E-state index contributed by atoms with van der Waals surface area (Å²) in [5.41, 5.74) is 4.09. The Morgan fingerprint density at radius 3 is 2.55 bits per heavy atom. The first kappa shape index (κ1) is 20.9. The molecular formula is C24H29N5O2. The van der Waals surface area contributed by atoms with Crippen molar-refractivity contribution in [3.8, 4) is 0 Å². The number of aromatic nitrogens is 2. The van der Waals surface area contributed by atoms with Gasteiger partial charge >= 0.3 is 6.03 Å². The standard InChI is InChI=1S/C24H29N5O2/c1-16(2)14-20(22(30)25-15-18-10-8-17(3)9-11-18)27-24(31)29-13-12-28-21-7-5-4-6-19(21)26-23(28)29/h4-11,16,20H,12-15H2,1-3H3,(H,25,30)(H,27,31)/t20-/m0/s1. The Labute approximate surface area is 182 Å². The number of fused-ring (bicyclic) bond motifs is 3.